The molecule has 0 amide bonds. The van der Waals surface area contributed by atoms with E-state index in [0.717, 1.165) is 19.3 Å². The van der Waals surface area contributed by atoms with E-state index in [1.54, 1.807) is 0 Å². The molecule has 1 nitrogen and oxygen atoms in total. The summed E-state index contributed by atoms with van der Waals surface area (Å²) in [6.07, 6.45) is 13.9. The normalized spacial score (nSPS) is 15.0. The van der Waals surface area contributed by atoms with Crippen LogP contribution in [-0.2, 0) is 0 Å². The Morgan fingerprint density at radius 3 is 2.08 bits per heavy atom. The summed E-state index contributed by atoms with van der Waals surface area (Å²) in [7, 11) is 0. The third kappa shape index (κ3) is 5.77. The lowest BCUT2D eigenvalue weighted by molar-refractivity contribution is 0.746. The van der Waals surface area contributed by atoms with Crippen LogP contribution in [0.25, 0.3) is 54.6 Å². The van der Waals surface area contributed by atoms with Crippen LogP contribution in [0.3, 0.4) is 0 Å². The van der Waals surface area contributed by atoms with Crippen molar-refractivity contribution in [2.45, 2.75) is 66.8 Å². The van der Waals surface area contributed by atoms with Crippen molar-refractivity contribution >= 4 is 43.5 Å². The van der Waals surface area contributed by atoms with Gasteiger partial charge >= 0.3 is 0 Å². The number of nitrogens with two attached hydrogens (primary N) is 1. The van der Waals surface area contributed by atoms with Crippen LogP contribution < -0.4 is 5.73 Å². The summed E-state index contributed by atoms with van der Waals surface area (Å²) >= 11 is 0. The molecule has 1 atom stereocenters. The molecule has 7 rings (SSSR count). The Morgan fingerprint density at radius 1 is 0.694 bits per heavy atom. The van der Waals surface area contributed by atoms with Crippen molar-refractivity contribution in [1.29, 1.82) is 0 Å². The van der Waals surface area contributed by atoms with Crippen LogP contribution in [0, 0.1) is 34.6 Å². The number of benzene rings is 6. The fourth-order valence-electron chi connectivity index (χ4n) is 8.20. The molecule has 49 heavy (non-hydrogen) atoms. The van der Waals surface area contributed by atoms with Crippen molar-refractivity contribution in [3.63, 3.8) is 0 Å². The number of allylic oxidation sites excluding steroid dienone is 7. The van der Waals surface area contributed by atoms with E-state index in [1.165, 1.54) is 99.1 Å². The van der Waals surface area contributed by atoms with Crippen LogP contribution in [0.15, 0.2) is 127 Å². The van der Waals surface area contributed by atoms with Gasteiger partial charge in [-0.25, -0.2) is 0 Å². The number of hydrogen-bond acceptors (Lipinski definition) is 1. The molecule has 1 heteroatoms. The number of rotatable bonds is 7. The smallest absolute Gasteiger partial charge is 0.0306 e. The average molecular weight is 638 g/mol. The molecule has 0 aromatic heterocycles. The van der Waals surface area contributed by atoms with E-state index in [9.17, 15) is 0 Å². The van der Waals surface area contributed by atoms with Crippen LogP contribution in [0.1, 0.15) is 65.1 Å². The summed E-state index contributed by atoms with van der Waals surface area (Å²) in [5.41, 5.74) is 23.1. The van der Waals surface area contributed by atoms with Gasteiger partial charge in [-0.2, -0.15) is 0 Å². The van der Waals surface area contributed by atoms with E-state index in [-0.39, 0.29) is 6.04 Å². The average Bonchev–Trinajstić information content (AvgIpc) is 3.13. The Labute approximate surface area is 292 Å². The third-order valence-corrected chi connectivity index (χ3v) is 11.1. The summed E-state index contributed by atoms with van der Waals surface area (Å²) in [4.78, 5) is 0. The minimum atomic E-state index is -0.124. The SMILES string of the molecule is C/C(=C(\c1ccccc1C)C(N)CC/C=C1/C=CC=CC1)c1c2ccccc2c(-c2cccc3ccccc23)c2c(C)c(C)c(C)c(C)c12. The van der Waals surface area contributed by atoms with Gasteiger partial charge in [-0.1, -0.05) is 121 Å². The van der Waals surface area contributed by atoms with Gasteiger partial charge in [0.25, 0.3) is 0 Å². The Kier molecular flexibility index (Phi) is 8.97. The lowest BCUT2D eigenvalue weighted by Crippen LogP contribution is -2.23. The third-order valence-electron chi connectivity index (χ3n) is 11.1. The van der Waals surface area contributed by atoms with Crippen molar-refractivity contribution < 1.29 is 0 Å². The highest BCUT2D eigenvalue weighted by atomic mass is 14.6. The first-order valence-electron chi connectivity index (χ1n) is 17.8. The Balaban J connectivity index is 1.58. The molecule has 6 aromatic rings. The van der Waals surface area contributed by atoms with Crippen LogP contribution in [0.2, 0.25) is 0 Å². The van der Waals surface area contributed by atoms with Crippen LogP contribution in [0.4, 0.5) is 0 Å². The van der Waals surface area contributed by atoms with Gasteiger partial charge < -0.3 is 5.73 Å². The molecule has 0 bridgehead atoms. The molecule has 1 unspecified atom stereocenters. The zero-order valence-electron chi connectivity index (χ0n) is 29.8. The van der Waals surface area contributed by atoms with E-state index >= 15 is 0 Å². The van der Waals surface area contributed by atoms with E-state index in [0.29, 0.717) is 0 Å². The Morgan fingerprint density at radius 2 is 1.35 bits per heavy atom. The van der Waals surface area contributed by atoms with Gasteiger partial charge in [-0.3, -0.25) is 0 Å². The van der Waals surface area contributed by atoms with Gasteiger partial charge in [0.15, 0.2) is 0 Å². The molecule has 1 aliphatic rings. The standard InChI is InChI=1S/C48H47N/c1-30-18-10-12-24-38(30)44(43(49)29-16-21-36-19-8-7-9-20-36)35(6)45-41-26-14-15-27-42(41)48(40-28-17-23-37-22-11-13-25-39(37)40)47-34(5)32(3)31(2)33(4)46(45)47/h7-15,17-19,21-28,43H,16,20,29,49H2,1-6H3/b36-21-,44-35-. The summed E-state index contributed by atoms with van der Waals surface area (Å²) in [5, 5.41) is 7.81. The van der Waals surface area contributed by atoms with Crippen molar-refractivity contribution in [1.82, 2.24) is 0 Å². The zero-order chi connectivity index (χ0) is 34.2. The highest BCUT2D eigenvalue weighted by Crippen LogP contribution is 2.48. The maximum absolute atomic E-state index is 7.35. The molecule has 1 aliphatic carbocycles. The highest BCUT2D eigenvalue weighted by molar-refractivity contribution is 6.24. The lowest BCUT2D eigenvalue weighted by atomic mass is 9.77. The molecular formula is C48H47N. The number of aryl methyl sites for hydroxylation is 3. The topological polar surface area (TPSA) is 26.0 Å². The van der Waals surface area contributed by atoms with E-state index in [2.05, 4.69) is 163 Å². The van der Waals surface area contributed by atoms with Crippen LogP contribution in [0.5, 0.6) is 0 Å². The van der Waals surface area contributed by atoms with Crippen molar-refractivity contribution in [3.8, 4) is 11.1 Å². The van der Waals surface area contributed by atoms with Gasteiger partial charge in [0, 0.05) is 6.04 Å². The predicted octanol–water partition coefficient (Wildman–Crippen LogP) is 12.8. The molecule has 0 saturated carbocycles. The fraction of sp³-hybridized carbons (Fsp3) is 0.208. The molecule has 244 valence electrons. The fourth-order valence-corrected chi connectivity index (χ4v) is 8.20. The molecule has 0 spiro atoms. The largest absolute Gasteiger partial charge is 0.324 e. The summed E-state index contributed by atoms with van der Waals surface area (Å²) in [5.74, 6) is 0. The van der Waals surface area contributed by atoms with E-state index < -0.39 is 0 Å². The minimum Gasteiger partial charge on any atom is -0.324 e. The summed E-state index contributed by atoms with van der Waals surface area (Å²) in [6.45, 7) is 13.8. The second kappa shape index (κ2) is 13.5. The van der Waals surface area contributed by atoms with Gasteiger partial charge in [0.2, 0.25) is 0 Å². The number of hydrogen-bond donors (Lipinski definition) is 1. The van der Waals surface area contributed by atoms with E-state index in [4.69, 9.17) is 5.73 Å². The molecule has 2 N–H and O–H groups in total. The zero-order valence-corrected chi connectivity index (χ0v) is 29.8. The second-order valence-corrected chi connectivity index (χ2v) is 13.9. The first-order valence-corrected chi connectivity index (χ1v) is 17.8. The molecule has 6 aromatic carbocycles. The van der Waals surface area contributed by atoms with Crippen molar-refractivity contribution in [3.05, 3.63) is 166 Å². The summed E-state index contributed by atoms with van der Waals surface area (Å²) in [6, 6.07) is 33.3. The molecule has 0 aliphatic heterocycles. The van der Waals surface area contributed by atoms with E-state index in [1.807, 2.05) is 0 Å². The molecule has 0 heterocycles. The van der Waals surface area contributed by atoms with Gasteiger partial charge in [0.05, 0.1) is 0 Å². The first kappa shape index (κ1) is 32.6. The second-order valence-electron chi connectivity index (χ2n) is 13.9. The maximum atomic E-state index is 7.35. The van der Waals surface area contributed by atoms with Crippen molar-refractivity contribution in [2.75, 3.05) is 0 Å². The molecule has 0 radical (unpaired) electrons. The maximum Gasteiger partial charge on any atom is 0.0306 e. The first-order chi connectivity index (χ1) is 23.8. The molecular weight excluding hydrogens is 591 g/mol. The number of fused-ring (bicyclic) bond motifs is 3. The quantitative estimate of drug-likeness (QED) is 0.137. The Hall–Kier alpha value is -4.98. The minimum absolute atomic E-state index is 0.124. The van der Waals surface area contributed by atoms with Gasteiger partial charge in [0.1, 0.15) is 0 Å². The predicted molar refractivity (Wildman–Crippen MR) is 215 cm³/mol. The van der Waals surface area contributed by atoms with Gasteiger partial charge in [-0.15, -0.1) is 0 Å². The Bertz CT molecular complexity index is 2370. The molecule has 0 fully saturated rings. The lowest BCUT2D eigenvalue weighted by Gasteiger charge is -2.27. The monoisotopic (exact) mass is 637 g/mol. The van der Waals surface area contributed by atoms with Crippen molar-refractivity contribution in [2.24, 2.45) is 5.73 Å². The van der Waals surface area contributed by atoms with Crippen LogP contribution >= 0.6 is 0 Å². The summed E-state index contributed by atoms with van der Waals surface area (Å²) < 4.78 is 0. The molecule has 0 saturated heterocycles. The van der Waals surface area contributed by atoms with Gasteiger partial charge in [-0.05, 0) is 160 Å². The van der Waals surface area contributed by atoms with Crippen LogP contribution in [-0.4, -0.2) is 6.04 Å². The highest BCUT2D eigenvalue weighted by Gasteiger charge is 2.25.